The van der Waals surface area contributed by atoms with Gasteiger partial charge in [0.25, 0.3) is 0 Å². The van der Waals surface area contributed by atoms with Crippen molar-refractivity contribution in [2.24, 2.45) is 5.92 Å². The van der Waals surface area contributed by atoms with Crippen LogP contribution in [0.25, 0.3) is 0 Å². The minimum atomic E-state index is -3.32. The van der Waals surface area contributed by atoms with Crippen LogP contribution in [0.4, 0.5) is 0 Å². The fourth-order valence-electron chi connectivity index (χ4n) is 3.29. The molecule has 1 aromatic rings. The van der Waals surface area contributed by atoms with Crippen molar-refractivity contribution in [3.8, 4) is 0 Å². The Kier molecular flexibility index (Phi) is 5.03. The number of hydrogen-bond acceptors (Lipinski definition) is 6. The van der Waals surface area contributed by atoms with E-state index < -0.39 is 10.0 Å². The molecule has 23 heavy (non-hydrogen) atoms. The van der Waals surface area contributed by atoms with Crippen molar-refractivity contribution in [1.82, 2.24) is 14.5 Å². The molecule has 0 aromatic carbocycles. The zero-order valence-corrected chi connectivity index (χ0v) is 14.6. The summed E-state index contributed by atoms with van der Waals surface area (Å²) in [5, 5.41) is 8.21. The average Bonchev–Trinajstić information content (AvgIpc) is 3.17. The molecule has 0 spiro atoms. The van der Waals surface area contributed by atoms with Gasteiger partial charge < -0.3 is 9.15 Å². The molecule has 0 amide bonds. The van der Waals surface area contributed by atoms with E-state index in [-0.39, 0.29) is 23.8 Å². The SMILES string of the molecule is CC(C)CS(=O)(=O)N1CCCC[C@@H]1c1nnc([C@H]2CCCO2)o1. The summed E-state index contributed by atoms with van der Waals surface area (Å²) < 4.78 is 38.2. The highest BCUT2D eigenvalue weighted by molar-refractivity contribution is 7.89. The fourth-order valence-corrected chi connectivity index (χ4v) is 5.31. The molecular formula is C15H25N3O4S. The van der Waals surface area contributed by atoms with E-state index in [4.69, 9.17) is 9.15 Å². The Balaban J connectivity index is 1.81. The first kappa shape index (κ1) is 16.9. The van der Waals surface area contributed by atoms with Crippen LogP contribution in [0.1, 0.15) is 69.9 Å². The number of aromatic nitrogens is 2. The second-order valence-corrected chi connectivity index (χ2v) is 8.74. The Bertz CT molecular complexity index is 622. The van der Waals surface area contributed by atoms with Crippen LogP contribution in [0.5, 0.6) is 0 Å². The van der Waals surface area contributed by atoms with Crippen LogP contribution in [-0.2, 0) is 14.8 Å². The van der Waals surface area contributed by atoms with Crippen molar-refractivity contribution in [2.75, 3.05) is 18.9 Å². The highest BCUT2D eigenvalue weighted by Gasteiger charge is 2.37. The van der Waals surface area contributed by atoms with Crippen molar-refractivity contribution < 1.29 is 17.6 Å². The summed E-state index contributed by atoms with van der Waals surface area (Å²) in [7, 11) is -3.32. The van der Waals surface area contributed by atoms with E-state index in [2.05, 4.69) is 10.2 Å². The minimum Gasteiger partial charge on any atom is -0.421 e. The van der Waals surface area contributed by atoms with Crippen molar-refractivity contribution in [2.45, 2.75) is 58.1 Å². The molecule has 0 saturated carbocycles. The van der Waals surface area contributed by atoms with E-state index in [1.54, 1.807) is 4.31 Å². The van der Waals surface area contributed by atoms with Crippen molar-refractivity contribution >= 4 is 10.0 Å². The number of nitrogens with zero attached hydrogens (tertiary/aromatic N) is 3. The van der Waals surface area contributed by atoms with E-state index in [0.717, 1.165) is 32.1 Å². The van der Waals surface area contributed by atoms with Gasteiger partial charge in [0.05, 0.1) is 5.75 Å². The molecule has 2 aliphatic heterocycles. The van der Waals surface area contributed by atoms with Crippen molar-refractivity contribution in [1.29, 1.82) is 0 Å². The third kappa shape index (κ3) is 3.75. The number of sulfonamides is 1. The van der Waals surface area contributed by atoms with Crippen LogP contribution >= 0.6 is 0 Å². The van der Waals surface area contributed by atoms with Gasteiger partial charge in [0.15, 0.2) is 0 Å². The summed E-state index contributed by atoms with van der Waals surface area (Å²) in [6, 6.07) is -0.338. The Morgan fingerprint density at radius 1 is 1.17 bits per heavy atom. The standard InChI is InChI=1S/C15H25N3O4S/c1-11(2)10-23(19,20)18-8-4-3-6-12(18)14-16-17-15(22-14)13-7-5-9-21-13/h11-13H,3-10H2,1-2H3/t12-,13-/m1/s1. The second kappa shape index (κ2) is 6.86. The molecule has 0 unspecified atom stereocenters. The van der Waals surface area contributed by atoms with E-state index in [0.29, 0.717) is 24.9 Å². The molecule has 0 radical (unpaired) electrons. The predicted octanol–water partition coefficient (Wildman–Crippen LogP) is 2.43. The molecule has 8 heteroatoms. The summed E-state index contributed by atoms with van der Waals surface area (Å²) in [5.41, 5.74) is 0. The van der Waals surface area contributed by atoms with Crippen LogP contribution in [0.15, 0.2) is 4.42 Å². The fraction of sp³-hybridized carbons (Fsp3) is 0.867. The van der Waals surface area contributed by atoms with Gasteiger partial charge in [-0.1, -0.05) is 20.3 Å². The summed E-state index contributed by atoms with van der Waals surface area (Å²) >= 11 is 0. The Hall–Kier alpha value is -0.990. The Morgan fingerprint density at radius 2 is 1.96 bits per heavy atom. The van der Waals surface area contributed by atoms with Gasteiger partial charge in [-0.25, -0.2) is 8.42 Å². The molecule has 0 bridgehead atoms. The van der Waals surface area contributed by atoms with Crippen molar-refractivity contribution in [3.63, 3.8) is 0 Å². The zero-order valence-electron chi connectivity index (χ0n) is 13.8. The third-order valence-electron chi connectivity index (χ3n) is 4.30. The molecule has 130 valence electrons. The van der Waals surface area contributed by atoms with E-state index >= 15 is 0 Å². The van der Waals surface area contributed by atoms with Gasteiger partial charge in [-0.15, -0.1) is 10.2 Å². The first-order valence-corrected chi connectivity index (χ1v) is 10.0. The van der Waals surface area contributed by atoms with Crippen LogP contribution in [0, 0.1) is 5.92 Å². The van der Waals surface area contributed by atoms with E-state index in [1.165, 1.54) is 0 Å². The van der Waals surface area contributed by atoms with Gasteiger partial charge in [0.2, 0.25) is 21.8 Å². The van der Waals surface area contributed by atoms with Crippen molar-refractivity contribution in [3.05, 3.63) is 11.8 Å². The first-order valence-electron chi connectivity index (χ1n) is 8.42. The maximum atomic E-state index is 12.7. The third-order valence-corrected chi connectivity index (χ3v) is 6.54. The van der Waals surface area contributed by atoms with Crippen LogP contribution in [0.2, 0.25) is 0 Å². The highest BCUT2D eigenvalue weighted by atomic mass is 32.2. The molecule has 2 fully saturated rings. The molecule has 2 aliphatic rings. The minimum absolute atomic E-state index is 0.0905. The lowest BCUT2D eigenvalue weighted by molar-refractivity contribution is 0.0858. The number of ether oxygens (including phenoxy) is 1. The van der Waals surface area contributed by atoms with Gasteiger partial charge in [0, 0.05) is 13.2 Å². The normalized spacial score (nSPS) is 26.9. The quantitative estimate of drug-likeness (QED) is 0.816. The largest absolute Gasteiger partial charge is 0.421 e. The number of rotatable bonds is 5. The second-order valence-electron chi connectivity index (χ2n) is 6.77. The van der Waals surface area contributed by atoms with Crippen LogP contribution < -0.4 is 0 Å². The summed E-state index contributed by atoms with van der Waals surface area (Å²) in [5.74, 6) is 1.12. The summed E-state index contributed by atoms with van der Waals surface area (Å²) in [6.45, 7) is 5.07. The lowest BCUT2D eigenvalue weighted by atomic mass is 10.1. The average molecular weight is 343 g/mol. The van der Waals surface area contributed by atoms with E-state index in [9.17, 15) is 8.42 Å². The molecule has 2 saturated heterocycles. The van der Waals surface area contributed by atoms with Crippen LogP contribution in [-0.4, -0.2) is 41.8 Å². The molecule has 1 aromatic heterocycles. The van der Waals surface area contributed by atoms with Gasteiger partial charge in [0.1, 0.15) is 12.1 Å². The van der Waals surface area contributed by atoms with Gasteiger partial charge in [-0.2, -0.15) is 4.31 Å². The summed E-state index contributed by atoms with van der Waals surface area (Å²) in [4.78, 5) is 0. The molecular weight excluding hydrogens is 318 g/mol. The van der Waals surface area contributed by atoms with E-state index in [1.807, 2.05) is 13.8 Å². The van der Waals surface area contributed by atoms with Gasteiger partial charge >= 0.3 is 0 Å². The zero-order chi connectivity index (χ0) is 16.4. The van der Waals surface area contributed by atoms with Gasteiger partial charge in [-0.3, -0.25) is 0 Å². The van der Waals surface area contributed by atoms with Gasteiger partial charge in [-0.05, 0) is 31.6 Å². The smallest absolute Gasteiger partial charge is 0.245 e. The molecule has 3 heterocycles. The maximum Gasteiger partial charge on any atom is 0.245 e. The van der Waals surface area contributed by atoms with Crippen LogP contribution in [0.3, 0.4) is 0 Å². The topological polar surface area (TPSA) is 85.5 Å². The lowest BCUT2D eigenvalue weighted by Crippen LogP contribution is -2.40. The lowest BCUT2D eigenvalue weighted by Gasteiger charge is -2.32. The molecule has 7 nitrogen and oxygen atoms in total. The summed E-state index contributed by atoms with van der Waals surface area (Å²) in [6.07, 6.45) is 4.30. The molecule has 3 rings (SSSR count). The molecule has 0 aliphatic carbocycles. The Morgan fingerprint density at radius 3 is 2.65 bits per heavy atom. The predicted molar refractivity (Wildman–Crippen MR) is 84.1 cm³/mol. The molecule has 0 N–H and O–H groups in total. The first-order chi connectivity index (χ1) is 11.0. The Labute approximate surface area is 137 Å². The monoisotopic (exact) mass is 343 g/mol. The number of hydrogen-bond donors (Lipinski definition) is 0. The maximum absolute atomic E-state index is 12.7. The highest BCUT2D eigenvalue weighted by Crippen LogP contribution is 2.35. The number of piperidine rings is 1. The molecule has 2 atom stereocenters.